The molecule has 0 saturated carbocycles. The molecule has 0 aromatic rings. The molecule has 2 saturated heterocycles. The SMILES string of the molecule is O=C1CCCCC(N2CCCCCC2)N1. The molecule has 2 heterocycles. The molecule has 0 aromatic carbocycles. The van der Waals surface area contributed by atoms with Gasteiger partial charge in [-0.25, -0.2) is 0 Å². The van der Waals surface area contributed by atoms with Crippen molar-refractivity contribution in [2.24, 2.45) is 0 Å². The van der Waals surface area contributed by atoms with E-state index in [-0.39, 0.29) is 5.91 Å². The Morgan fingerprint density at radius 2 is 1.73 bits per heavy atom. The van der Waals surface area contributed by atoms with Gasteiger partial charge in [0.2, 0.25) is 5.91 Å². The van der Waals surface area contributed by atoms with Gasteiger partial charge in [-0.05, 0) is 32.1 Å². The second-order valence-electron chi connectivity index (χ2n) is 4.78. The summed E-state index contributed by atoms with van der Waals surface area (Å²) in [6.45, 7) is 2.34. The summed E-state index contributed by atoms with van der Waals surface area (Å²) in [4.78, 5) is 14.0. The van der Waals surface area contributed by atoms with Crippen molar-refractivity contribution >= 4 is 5.91 Å². The zero-order valence-corrected chi connectivity index (χ0v) is 9.50. The first-order valence-electron chi connectivity index (χ1n) is 6.40. The monoisotopic (exact) mass is 210 g/mol. The van der Waals surface area contributed by atoms with Crippen LogP contribution < -0.4 is 5.32 Å². The van der Waals surface area contributed by atoms with E-state index in [4.69, 9.17) is 0 Å². The molecule has 15 heavy (non-hydrogen) atoms. The number of nitrogens with one attached hydrogen (secondary N) is 1. The topological polar surface area (TPSA) is 32.3 Å². The molecule has 0 spiro atoms. The van der Waals surface area contributed by atoms with Crippen molar-refractivity contribution in [2.45, 2.75) is 57.5 Å². The number of hydrogen-bond acceptors (Lipinski definition) is 2. The molecule has 2 aliphatic heterocycles. The first-order valence-corrected chi connectivity index (χ1v) is 6.40. The van der Waals surface area contributed by atoms with E-state index in [0.29, 0.717) is 6.17 Å². The van der Waals surface area contributed by atoms with Crippen LogP contribution in [0.2, 0.25) is 0 Å². The van der Waals surface area contributed by atoms with Crippen LogP contribution in [-0.2, 0) is 4.79 Å². The molecule has 2 aliphatic rings. The lowest BCUT2D eigenvalue weighted by Crippen LogP contribution is -2.47. The summed E-state index contributed by atoms with van der Waals surface area (Å²) < 4.78 is 0. The van der Waals surface area contributed by atoms with Crippen LogP contribution in [0.15, 0.2) is 0 Å². The van der Waals surface area contributed by atoms with Crippen molar-refractivity contribution in [3.05, 3.63) is 0 Å². The predicted molar refractivity (Wildman–Crippen MR) is 60.4 cm³/mol. The van der Waals surface area contributed by atoms with Gasteiger partial charge < -0.3 is 5.32 Å². The number of carbonyl (C=O) groups excluding carboxylic acids is 1. The van der Waals surface area contributed by atoms with Crippen molar-refractivity contribution in [1.82, 2.24) is 10.2 Å². The molecule has 1 atom stereocenters. The van der Waals surface area contributed by atoms with Crippen LogP contribution >= 0.6 is 0 Å². The Balaban J connectivity index is 1.91. The number of amides is 1. The van der Waals surface area contributed by atoms with Crippen LogP contribution in [0.5, 0.6) is 0 Å². The minimum atomic E-state index is 0.252. The van der Waals surface area contributed by atoms with Gasteiger partial charge in [-0.15, -0.1) is 0 Å². The average molecular weight is 210 g/mol. The Morgan fingerprint density at radius 1 is 1.00 bits per heavy atom. The molecule has 2 fully saturated rings. The summed E-state index contributed by atoms with van der Waals surface area (Å²) in [7, 11) is 0. The van der Waals surface area contributed by atoms with Crippen molar-refractivity contribution < 1.29 is 4.79 Å². The summed E-state index contributed by atoms with van der Waals surface area (Å²) in [5, 5.41) is 3.16. The fourth-order valence-corrected chi connectivity index (χ4v) is 2.63. The molecule has 1 N–H and O–H groups in total. The van der Waals surface area contributed by atoms with E-state index in [1.807, 2.05) is 0 Å². The first-order chi connectivity index (χ1) is 7.36. The third-order valence-corrected chi connectivity index (χ3v) is 3.54. The number of likely N-dealkylation sites (tertiary alicyclic amines) is 1. The second kappa shape index (κ2) is 5.50. The van der Waals surface area contributed by atoms with Crippen molar-refractivity contribution in [2.75, 3.05) is 13.1 Å². The molecule has 0 aliphatic carbocycles. The van der Waals surface area contributed by atoms with Gasteiger partial charge in [-0.3, -0.25) is 9.69 Å². The van der Waals surface area contributed by atoms with E-state index in [1.54, 1.807) is 0 Å². The first kappa shape index (κ1) is 10.9. The lowest BCUT2D eigenvalue weighted by atomic mass is 10.2. The van der Waals surface area contributed by atoms with Crippen LogP contribution in [0.3, 0.4) is 0 Å². The fraction of sp³-hybridized carbons (Fsp3) is 0.917. The smallest absolute Gasteiger partial charge is 0.221 e. The Bertz CT molecular complexity index is 210. The van der Waals surface area contributed by atoms with E-state index in [0.717, 1.165) is 19.3 Å². The Morgan fingerprint density at radius 3 is 2.47 bits per heavy atom. The summed E-state index contributed by atoms with van der Waals surface area (Å²) in [5.74, 6) is 0.252. The third-order valence-electron chi connectivity index (χ3n) is 3.54. The zero-order valence-electron chi connectivity index (χ0n) is 9.50. The second-order valence-corrected chi connectivity index (χ2v) is 4.78. The summed E-state index contributed by atoms with van der Waals surface area (Å²) >= 11 is 0. The lowest BCUT2D eigenvalue weighted by Gasteiger charge is -2.30. The van der Waals surface area contributed by atoms with Crippen molar-refractivity contribution in [3.63, 3.8) is 0 Å². The maximum absolute atomic E-state index is 11.5. The third kappa shape index (κ3) is 3.20. The number of nitrogens with zero attached hydrogens (tertiary/aromatic N) is 1. The molecule has 1 amide bonds. The maximum atomic E-state index is 11.5. The van der Waals surface area contributed by atoms with E-state index < -0.39 is 0 Å². The molecule has 0 aromatic heterocycles. The predicted octanol–water partition coefficient (Wildman–Crippen LogP) is 1.88. The molecule has 0 bridgehead atoms. The average Bonchev–Trinajstić information content (AvgIpc) is 2.59. The van der Waals surface area contributed by atoms with E-state index in [1.165, 1.54) is 45.2 Å². The van der Waals surface area contributed by atoms with Crippen LogP contribution in [0, 0.1) is 0 Å². The number of rotatable bonds is 1. The highest BCUT2D eigenvalue weighted by Gasteiger charge is 2.22. The van der Waals surface area contributed by atoms with E-state index >= 15 is 0 Å². The van der Waals surface area contributed by atoms with Gasteiger partial charge in [0.1, 0.15) is 0 Å². The standard InChI is InChI=1S/C12H22N2O/c15-12-8-4-3-7-11(13-12)14-9-5-1-2-6-10-14/h11H,1-10H2,(H,13,15). The van der Waals surface area contributed by atoms with Gasteiger partial charge in [0, 0.05) is 19.5 Å². The Hall–Kier alpha value is -0.570. The van der Waals surface area contributed by atoms with Gasteiger partial charge in [-0.1, -0.05) is 12.8 Å². The van der Waals surface area contributed by atoms with Crippen LogP contribution in [0.1, 0.15) is 51.4 Å². The molecular formula is C12H22N2O. The quantitative estimate of drug-likeness (QED) is 0.716. The summed E-state index contributed by atoms with van der Waals surface area (Å²) in [6.07, 6.45) is 9.78. The van der Waals surface area contributed by atoms with Gasteiger partial charge in [0.15, 0.2) is 0 Å². The molecule has 3 nitrogen and oxygen atoms in total. The van der Waals surface area contributed by atoms with Crippen LogP contribution in [0.25, 0.3) is 0 Å². The lowest BCUT2D eigenvalue weighted by molar-refractivity contribution is -0.122. The molecule has 2 rings (SSSR count). The maximum Gasteiger partial charge on any atom is 0.221 e. The van der Waals surface area contributed by atoms with Gasteiger partial charge in [0.25, 0.3) is 0 Å². The molecule has 0 radical (unpaired) electrons. The van der Waals surface area contributed by atoms with Crippen molar-refractivity contribution in [1.29, 1.82) is 0 Å². The fourth-order valence-electron chi connectivity index (χ4n) is 2.63. The summed E-state index contributed by atoms with van der Waals surface area (Å²) in [6, 6.07) is 0. The van der Waals surface area contributed by atoms with Crippen molar-refractivity contribution in [3.8, 4) is 0 Å². The highest BCUT2D eigenvalue weighted by atomic mass is 16.1. The van der Waals surface area contributed by atoms with Crippen LogP contribution in [0.4, 0.5) is 0 Å². The van der Waals surface area contributed by atoms with Crippen LogP contribution in [-0.4, -0.2) is 30.1 Å². The molecular weight excluding hydrogens is 188 g/mol. The zero-order chi connectivity index (χ0) is 10.5. The molecule has 3 heteroatoms. The van der Waals surface area contributed by atoms with Gasteiger partial charge in [0.05, 0.1) is 6.17 Å². The number of carbonyl (C=O) groups is 1. The molecule has 86 valence electrons. The minimum Gasteiger partial charge on any atom is -0.341 e. The highest BCUT2D eigenvalue weighted by Crippen LogP contribution is 2.17. The normalized spacial score (nSPS) is 30.4. The van der Waals surface area contributed by atoms with Gasteiger partial charge >= 0.3 is 0 Å². The largest absolute Gasteiger partial charge is 0.341 e. The Kier molecular flexibility index (Phi) is 4.01. The van der Waals surface area contributed by atoms with E-state index in [2.05, 4.69) is 10.2 Å². The number of hydrogen-bond donors (Lipinski definition) is 1. The highest BCUT2D eigenvalue weighted by molar-refractivity contribution is 5.76. The van der Waals surface area contributed by atoms with E-state index in [9.17, 15) is 4.79 Å². The van der Waals surface area contributed by atoms with Gasteiger partial charge in [-0.2, -0.15) is 0 Å². The molecule has 1 unspecified atom stereocenters. The summed E-state index contributed by atoms with van der Waals surface area (Å²) in [5.41, 5.74) is 0. The Labute approximate surface area is 92.2 Å². The minimum absolute atomic E-state index is 0.252.